The molecule has 1 aliphatic carbocycles. The molecule has 2 aliphatic rings. The Morgan fingerprint density at radius 1 is 1.33 bits per heavy atom. The maximum Gasteiger partial charge on any atom is 0.337 e. The van der Waals surface area contributed by atoms with E-state index < -0.39 is 41.6 Å². The Morgan fingerprint density at radius 2 is 2.00 bits per heavy atom. The number of rotatable bonds is 6. The van der Waals surface area contributed by atoms with Crippen molar-refractivity contribution in [1.29, 1.82) is 0 Å². The van der Waals surface area contributed by atoms with E-state index in [2.05, 4.69) is 0 Å². The first-order chi connectivity index (χ1) is 12.4. The average molecular weight is 380 g/mol. The number of hydrogen-bond acceptors (Lipinski definition) is 7. The van der Waals surface area contributed by atoms with Gasteiger partial charge in [-0.15, -0.1) is 0 Å². The van der Waals surface area contributed by atoms with Gasteiger partial charge in [0, 0.05) is 19.8 Å². The Bertz CT molecular complexity index is 679. The molecule has 0 aromatic heterocycles. The molecule has 7 heteroatoms. The molecule has 2 atom stereocenters. The van der Waals surface area contributed by atoms with Crippen molar-refractivity contribution in [1.82, 2.24) is 0 Å². The van der Waals surface area contributed by atoms with Crippen molar-refractivity contribution in [3.63, 3.8) is 0 Å². The van der Waals surface area contributed by atoms with Gasteiger partial charge in [-0.1, -0.05) is 5.57 Å². The highest BCUT2D eigenvalue weighted by Crippen LogP contribution is 2.34. The molecule has 0 aromatic carbocycles. The van der Waals surface area contributed by atoms with Crippen molar-refractivity contribution in [2.24, 2.45) is 5.92 Å². The van der Waals surface area contributed by atoms with Gasteiger partial charge in [0.05, 0.1) is 18.1 Å². The number of carbonyl (C=O) groups is 3. The predicted molar refractivity (Wildman–Crippen MR) is 96.2 cm³/mol. The summed E-state index contributed by atoms with van der Waals surface area (Å²) in [5.41, 5.74) is 0.0832. The largest absolute Gasteiger partial charge is 0.457 e. The number of hydrogen-bond donors (Lipinski definition) is 1. The lowest BCUT2D eigenvalue weighted by Crippen LogP contribution is -2.42. The monoisotopic (exact) mass is 380 g/mol. The third kappa shape index (κ3) is 6.20. The van der Waals surface area contributed by atoms with Crippen LogP contribution >= 0.6 is 0 Å². The Kier molecular flexibility index (Phi) is 6.14. The zero-order valence-corrected chi connectivity index (χ0v) is 16.5. The standard InChI is InChI=1S/C20H28O7/c1-12-6-7-15(19(2,3)24)16(8-12)25-17(22)10-13(21)9-14-11-18(23)27-20(4,5)26-14/h8,11,15-16,24H,6-7,9-10H2,1-5H3/t15?,16-/m1/s1. The van der Waals surface area contributed by atoms with Gasteiger partial charge in [0.25, 0.3) is 0 Å². The van der Waals surface area contributed by atoms with E-state index in [4.69, 9.17) is 14.2 Å². The van der Waals surface area contributed by atoms with Gasteiger partial charge in [0.15, 0.2) is 5.78 Å². The zero-order valence-electron chi connectivity index (χ0n) is 16.5. The SMILES string of the molecule is CC1=C[C@@H](OC(=O)CC(=O)CC2=CC(=O)OC(C)(C)O2)C(C(C)(C)O)CC1. The second-order valence-electron chi connectivity index (χ2n) is 8.19. The summed E-state index contributed by atoms with van der Waals surface area (Å²) in [6, 6.07) is 0. The van der Waals surface area contributed by atoms with Crippen LogP contribution in [-0.4, -0.2) is 40.3 Å². The van der Waals surface area contributed by atoms with E-state index in [1.54, 1.807) is 27.7 Å². The van der Waals surface area contributed by atoms with E-state index in [1.165, 1.54) is 0 Å². The molecule has 0 saturated carbocycles. The van der Waals surface area contributed by atoms with Gasteiger partial charge < -0.3 is 19.3 Å². The first kappa shape index (κ1) is 21.2. The highest BCUT2D eigenvalue weighted by atomic mass is 16.7. The summed E-state index contributed by atoms with van der Waals surface area (Å²) in [7, 11) is 0. The summed E-state index contributed by atoms with van der Waals surface area (Å²) in [5, 5.41) is 10.3. The maximum absolute atomic E-state index is 12.2. The van der Waals surface area contributed by atoms with Crippen LogP contribution < -0.4 is 0 Å². The quantitative estimate of drug-likeness (QED) is 0.429. The van der Waals surface area contributed by atoms with Gasteiger partial charge in [-0.3, -0.25) is 9.59 Å². The Labute approximate surface area is 159 Å². The van der Waals surface area contributed by atoms with Crippen molar-refractivity contribution in [3.05, 3.63) is 23.5 Å². The van der Waals surface area contributed by atoms with Crippen molar-refractivity contribution in [2.45, 2.75) is 77.8 Å². The van der Waals surface area contributed by atoms with Gasteiger partial charge in [-0.05, 0) is 39.7 Å². The molecule has 1 heterocycles. The summed E-state index contributed by atoms with van der Waals surface area (Å²) >= 11 is 0. The van der Waals surface area contributed by atoms with Gasteiger partial charge in [0.2, 0.25) is 5.79 Å². The molecule has 27 heavy (non-hydrogen) atoms. The van der Waals surface area contributed by atoms with Crippen LogP contribution in [0.5, 0.6) is 0 Å². The van der Waals surface area contributed by atoms with Crippen LogP contribution in [0.4, 0.5) is 0 Å². The van der Waals surface area contributed by atoms with Crippen LogP contribution in [0.15, 0.2) is 23.5 Å². The lowest BCUT2D eigenvalue weighted by atomic mass is 9.78. The van der Waals surface area contributed by atoms with Gasteiger partial charge >= 0.3 is 11.9 Å². The molecule has 0 aromatic rings. The molecule has 150 valence electrons. The van der Waals surface area contributed by atoms with Crippen molar-refractivity contribution < 1.29 is 33.7 Å². The molecule has 2 rings (SSSR count). The number of ether oxygens (including phenoxy) is 3. The number of allylic oxidation sites excluding steroid dienone is 2. The molecule has 0 spiro atoms. The van der Waals surface area contributed by atoms with E-state index in [1.807, 2.05) is 13.0 Å². The molecule has 0 fully saturated rings. The first-order valence-electron chi connectivity index (χ1n) is 9.09. The van der Waals surface area contributed by atoms with Crippen LogP contribution in [0.1, 0.15) is 60.3 Å². The molecular formula is C20H28O7. The number of ketones is 1. The van der Waals surface area contributed by atoms with E-state index in [0.717, 1.165) is 18.1 Å². The zero-order chi connectivity index (χ0) is 20.4. The maximum atomic E-state index is 12.2. The topological polar surface area (TPSA) is 99.1 Å². The number of esters is 2. The van der Waals surface area contributed by atoms with Crippen molar-refractivity contribution >= 4 is 17.7 Å². The lowest BCUT2D eigenvalue weighted by molar-refractivity contribution is -0.205. The molecule has 7 nitrogen and oxygen atoms in total. The molecule has 0 bridgehead atoms. The molecule has 1 unspecified atom stereocenters. The molecule has 1 N–H and O–H groups in total. The summed E-state index contributed by atoms with van der Waals surface area (Å²) in [4.78, 5) is 35.9. The van der Waals surface area contributed by atoms with Crippen LogP contribution in [0.2, 0.25) is 0 Å². The second kappa shape index (κ2) is 7.84. The third-order valence-corrected chi connectivity index (χ3v) is 4.58. The van der Waals surface area contributed by atoms with Gasteiger partial charge in [-0.25, -0.2) is 4.79 Å². The predicted octanol–water partition coefficient (Wildman–Crippen LogP) is 2.57. The minimum Gasteiger partial charge on any atom is -0.457 e. The summed E-state index contributed by atoms with van der Waals surface area (Å²) < 4.78 is 15.8. The van der Waals surface area contributed by atoms with Crippen molar-refractivity contribution in [3.8, 4) is 0 Å². The molecule has 1 aliphatic heterocycles. The summed E-state index contributed by atoms with van der Waals surface area (Å²) in [6.45, 7) is 8.44. The molecular weight excluding hydrogens is 352 g/mol. The van der Waals surface area contributed by atoms with Crippen LogP contribution in [-0.2, 0) is 28.6 Å². The summed E-state index contributed by atoms with van der Waals surface area (Å²) in [5.74, 6) is -2.90. The fourth-order valence-corrected chi connectivity index (χ4v) is 3.37. The van der Waals surface area contributed by atoms with E-state index in [0.29, 0.717) is 6.42 Å². The minimum absolute atomic E-state index is 0.164. The average Bonchev–Trinajstić information content (AvgIpc) is 2.42. The number of Topliss-reactive ketones (excluding diaryl/α,β-unsaturated/α-hetero) is 1. The highest BCUT2D eigenvalue weighted by Gasteiger charge is 2.37. The van der Waals surface area contributed by atoms with Crippen molar-refractivity contribution in [2.75, 3.05) is 0 Å². The second-order valence-corrected chi connectivity index (χ2v) is 8.19. The summed E-state index contributed by atoms with van der Waals surface area (Å²) in [6.07, 6.45) is 3.28. The smallest absolute Gasteiger partial charge is 0.337 e. The van der Waals surface area contributed by atoms with Crippen LogP contribution in [0, 0.1) is 5.92 Å². The Balaban J connectivity index is 1.95. The first-order valence-corrected chi connectivity index (χ1v) is 9.09. The molecule has 0 amide bonds. The van der Waals surface area contributed by atoms with E-state index in [9.17, 15) is 19.5 Å². The number of cyclic esters (lactones) is 1. The van der Waals surface area contributed by atoms with E-state index in [-0.39, 0.29) is 18.1 Å². The number of carbonyl (C=O) groups excluding carboxylic acids is 3. The Morgan fingerprint density at radius 3 is 2.59 bits per heavy atom. The fourth-order valence-electron chi connectivity index (χ4n) is 3.37. The number of aliphatic hydroxyl groups is 1. The van der Waals surface area contributed by atoms with E-state index >= 15 is 0 Å². The highest BCUT2D eigenvalue weighted by molar-refractivity contribution is 5.97. The van der Waals surface area contributed by atoms with Gasteiger partial charge in [0.1, 0.15) is 18.3 Å². The molecule has 0 saturated heterocycles. The fraction of sp³-hybridized carbons (Fsp3) is 0.650. The lowest BCUT2D eigenvalue weighted by Gasteiger charge is -2.37. The van der Waals surface area contributed by atoms with Crippen LogP contribution in [0.25, 0.3) is 0 Å². The van der Waals surface area contributed by atoms with Gasteiger partial charge in [-0.2, -0.15) is 0 Å². The normalized spacial score (nSPS) is 24.9. The third-order valence-electron chi connectivity index (χ3n) is 4.58. The minimum atomic E-state index is -1.15. The molecule has 0 radical (unpaired) electrons. The van der Waals surface area contributed by atoms with Crippen LogP contribution in [0.3, 0.4) is 0 Å². The Hall–Kier alpha value is -2.15.